The number of anilines is 1. The van der Waals surface area contributed by atoms with Crippen LogP contribution in [-0.4, -0.2) is 10.1 Å². The van der Waals surface area contributed by atoms with Crippen LogP contribution < -0.4 is 10.5 Å². The summed E-state index contributed by atoms with van der Waals surface area (Å²) in [5, 5.41) is 9.19. The molecule has 4 heteroatoms. The van der Waals surface area contributed by atoms with E-state index < -0.39 is 0 Å². The van der Waals surface area contributed by atoms with E-state index in [9.17, 15) is 5.11 Å². The molecule has 2 rings (SSSR count). The van der Waals surface area contributed by atoms with Gasteiger partial charge in [-0.1, -0.05) is 30.3 Å². The predicted molar refractivity (Wildman–Crippen MR) is 61.1 cm³/mol. The molecule has 0 aliphatic heterocycles. The van der Waals surface area contributed by atoms with Crippen LogP contribution in [-0.2, 0) is 6.61 Å². The number of rotatable bonds is 3. The maximum Gasteiger partial charge on any atom is 0.215 e. The van der Waals surface area contributed by atoms with Crippen molar-refractivity contribution in [2.45, 2.75) is 6.61 Å². The quantitative estimate of drug-likeness (QED) is 0.822. The molecule has 0 radical (unpaired) electrons. The Kier molecular flexibility index (Phi) is 2.91. The Morgan fingerprint density at radius 3 is 2.56 bits per heavy atom. The first kappa shape index (κ1) is 10.3. The Balaban J connectivity index is 2.03. The smallest absolute Gasteiger partial charge is 0.215 e. The summed E-state index contributed by atoms with van der Waals surface area (Å²) in [6.07, 6.45) is 0. The number of ether oxygens (including phenoxy) is 1. The molecule has 0 spiro atoms. The van der Waals surface area contributed by atoms with Crippen LogP contribution in [0.4, 0.5) is 5.82 Å². The minimum Gasteiger partial charge on any atom is -0.504 e. The monoisotopic (exact) mass is 216 g/mol. The highest BCUT2D eigenvalue weighted by molar-refractivity contribution is 5.46. The highest BCUT2D eigenvalue weighted by Gasteiger charge is 2.01. The second-order valence-corrected chi connectivity index (χ2v) is 3.33. The zero-order valence-electron chi connectivity index (χ0n) is 8.63. The lowest BCUT2D eigenvalue weighted by Gasteiger charge is -2.06. The fourth-order valence-electron chi connectivity index (χ4n) is 1.26. The van der Waals surface area contributed by atoms with Crippen LogP contribution in [0.3, 0.4) is 0 Å². The molecule has 1 heterocycles. The van der Waals surface area contributed by atoms with E-state index in [-0.39, 0.29) is 11.6 Å². The average Bonchev–Trinajstić information content (AvgIpc) is 2.32. The van der Waals surface area contributed by atoms with Crippen molar-refractivity contribution in [2.24, 2.45) is 0 Å². The van der Waals surface area contributed by atoms with Gasteiger partial charge in [-0.15, -0.1) is 0 Å². The van der Waals surface area contributed by atoms with E-state index in [0.717, 1.165) is 5.56 Å². The van der Waals surface area contributed by atoms with E-state index in [2.05, 4.69) is 4.98 Å². The van der Waals surface area contributed by atoms with Crippen LogP contribution >= 0.6 is 0 Å². The summed E-state index contributed by atoms with van der Waals surface area (Å²) in [4.78, 5) is 3.89. The van der Waals surface area contributed by atoms with Gasteiger partial charge in [0.25, 0.3) is 0 Å². The third-order valence-corrected chi connectivity index (χ3v) is 2.11. The highest BCUT2D eigenvalue weighted by atomic mass is 16.5. The first-order valence-electron chi connectivity index (χ1n) is 4.88. The van der Waals surface area contributed by atoms with Gasteiger partial charge in [0.15, 0.2) is 11.6 Å². The van der Waals surface area contributed by atoms with Crippen molar-refractivity contribution in [3.8, 4) is 11.6 Å². The molecule has 0 unspecified atom stereocenters. The van der Waals surface area contributed by atoms with Crippen molar-refractivity contribution in [2.75, 3.05) is 5.73 Å². The maximum atomic E-state index is 9.19. The zero-order chi connectivity index (χ0) is 11.4. The third kappa shape index (κ3) is 2.42. The lowest BCUT2D eigenvalue weighted by molar-refractivity contribution is 0.293. The summed E-state index contributed by atoms with van der Waals surface area (Å²) < 4.78 is 5.43. The van der Waals surface area contributed by atoms with Gasteiger partial charge in [0, 0.05) is 6.07 Å². The van der Waals surface area contributed by atoms with Crippen LogP contribution in [0.2, 0.25) is 0 Å². The molecule has 16 heavy (non-hydrogen) atoms. The van der Waals surface area contributed by atoms with Crippen LogP contribution in [0.25, 0.3) is 0 Å². The van der Waals surface area contributed by atoms with E-state index in [1.807, 2.05) is 30.3 Å². The van der Waals surface area contributed by atoms with Gasteiger partial charge in [-0.2, -0.15) is 4.98 Å². The molecule has 0 saturated heterocycles. The van der Waals surface area contributed by atoms with E-state index in [1.165, 1.54) is 6.07 Å². The molecular formula is C12H12N2O2. The SMILES string of the molecule is Nc1nc(OCc2ccccc2)ccc1O. The standard InChI is InChI=1S/C12H12N2O2/c13-12-10(15)6-7-11(14-12)16-8-9-4-2-1-3-5-9/h1-7,15H,8H2,(H2,13,14). The van der Waals surface area contributed by atoms with E-state index >= 15 is 0 Å². The molecule has 0 fully saturated rings. The summed E-state index contributed by atoms with van der Waals surface area (Å²) in [5.74, 6) is 0.441. The lowest BCUT2D eigenvalue weighted by atomic mass is 10.2. The summed E-state index contributed by atoms with van der Waals surface area (Å²) in [6.45, 7) is 0.429. The minimum absolute atomic E-state index is 0.0351. The van der Waals surface area contributed by atoms with Crippen molar-refractivity contribution in [3.63, 3.8) is 0 Å². The molecule has 0 atom stereocenters. The largest absolute Gasteiger partial charge is 0.504 e. The van der Waals surface area contributed by atoms with Crippen molar-refractivity contribution < 1.29 is 9.84 Å². The van der Waals surface area contributed by atoms with Crippen molar-refractivity contribution in [1.82, 2.24) is 4.98 Å². The van der Waals surface area contributed by atoms with Crippen molar-refractivity contribution in [1.29, 1.82) is 0 Å². The van der Waals surface area contributed by atoms with Gasteiger partial charge in [0.1, 0.15) is 6.61 Å². The minimum atomic E-state index is -0.0351. The molecule has 3 N–H and O–H groups in total. The molecule has 1 aromatic carbocycles. The van der Waals surface area contributed by atoms with Gasteiger partial charge >= 0.3 is 0 Å². The van der Waals surface area contributed by atoms with E-state index in [4.69, 9.17) is 10.5 Å². The normalized spacial score (nSPS) is 10.0. The number of aromatic hydroxyl groups is 1. The average molecular weight is 216 g/mol. The second-order valence-electron chi connectivity index (χ2n) is 3.33. The molecule has 4 nitrogen and oxygen atoms in total. The van der Waals surface area contributed by atoms with Crippen LogP contribution in [0, 0.1) is 0 Å². The van der Waals surface area contributed by atoms with Gasteiger partial charge in [-0.25, -0.2) is 0 Å². The fourth-order valence-corrected chi connectivity index (χ4v) is 1.26. The second kappa shape index (κ2) is 4.53. The molecule has 0 saturated carbocycles. The van der Waals surface area contributed by atoms with Crippen molar-refractivity contribution >= 4 is 5.82 Å². The third-order valence-electron chi connectivity index (χ3n) is 2.11. The maximum absolute atomic E-state index is 9.19. The Labute approximate surface area is 93.3 Å². The first-order valence-corrected chi connectivity index (χ1v) is 4.88. The van der Waals surface area contributed by atoms with E-state index in [1.54, 1.807) is 6.07 Å². The number of nitrogens with zero attached hydrogens (tertiary/aromatic N) is 1. The number of nitrogens with two attached hydrogens (primary N) is 1. The van der Waals surface area contributed by atoms with E-state index in [0.29, 0.717) is 12.5 Å². The Hall–Kier alpha value is -2.23. The molecule has 0 bridgehead atoms. The summed E-state index contributed by atoms with van der Waals surface area (Å²) in [7, 11) is 0. The molecule has 1 aromatic heterocycles. The molecule has 0 amide bonds. The van der Waals surface area contributed by atoms with Gasteiger partial charge in [0.2, 0.25) is 5.88 Å². The van der Waals surface area contributed by atoms with Gasteiger partial charge in [0.05, 0.1) is 0 Å². The van der Waals surface area contributed by atoms with Crippen LogP contribution in [0.1, 0.15) is 5.56 Å². The van der Waals surface area contributed by atoms with Crippen LogP contribution in [0.15, 0.2) is 42.5 Å². The fraction of sp³-hybridized carbons (Fsp3) is 0.0833. The number of nitrogen functional groups attached to an aromatic ring is 1. The topological polar surface area (TPSA) is 68.4 Å². The number of pyridine rings is 1. The molecular weight excluding hydrogens is 204 g/mol. The number of hydrogen-bond donors (Lipinski definition) is 2. The Morgan fingerprint density at radius 1 is 1.12 bits per heavy atom. The number of benzene rings is 1. The zero-order valence-corrected chi connectivity index (χ0v) is 8.63. The van der Waals surface area contributed by atoms with Crippen molar-refractivity contribution in [3.05, 3.63) is 48.0 Å². The molecule has 82 valence electrons. The Morgan fingerprint density at radius 2 is 1.88 bits per heavy atom. The van der Waals surface area contributed by atoms with Gasteiger partial charge in [-0.3, -0.25) is 0 Å². The molecule has 0 aliphatic carbocycles. The van der Waals surface area contributed by atoms with Crippen LogP contribution in [0.5, 0.6) is 11.6 Å². The highest BCUT2D eigenvalue weighted by Crippen LogP contribution is 2.20. The lowest BCUT2D eigenvalue weighted by Crippen LogP contribution is -1.99. The van der Waals surface area contributed by atoms with Gasteiger partial charge in [-0.05, 0) is 11.6 Å². The Bertz CT molecular complexity index is 472. The summed E-state index contributed by atoms with van der Waals surface area (Å²) in [6, 6.07) is 12.8. The first-order chi connectivity index (χ1) is 7.75. The number of aromatic nitrogens is 1. The number of hydrogen-bond acceptors (Lipinski definition) is 4. The molecule has 0 aliphatic rings. The summed E-state index contributed by atoms with van der Waals surface area (Å²) in [5.41, 5.74) is 6.50. The predicted octanol–water partition coefficient (Wildman–Crippen LogP) is 1.95. The molecule has 2 aromatic rings. The summed E-state index contributed by atoms with van der Waals surface area (Å²) >= 11 is 0. The van der Waals surface area contributed by atoms with Gasteiger partial charge < -0.3 is 15.6 Å².